The van der Waals surface area contributed by atoms with E-state index in [0.29, 0.717) is 18.8 Å². The summed E-state index contributed by atoms with van der Waals surface area (Å²) in [5.41, 5.74) is 2.99. The highest BCUT2D eigenvalue weighted by Crippen LogP contribution is 2.20. The van der Waals surface area contributed by atoms with Crippen LogP contribution in [-0.2, 0) is 11.2 Å². The van der Waals surface area contributed by atoms with E-state index in [4.69, 9.17) is 9.47 Å². The molecule has 0 bridgehead atoms. The van der Waals surface area contributed by atoms with Crippen molar-refractivity contribution in [2.24, 2.45) is 0 Å². The van der Waals surface area contributed by atoms with E-state index in [2.05, 4.69) is 0 Å². The maximum absolute atomic E-state index is 11.5. The third-order valence-electron chi connectivity index (χ3n) is 3.40. The fourth-order valence-corrected chi connectivity index (χ4v) is 2.45. The number of carbonyl (C=O) groups is 1. The Bertz CT molecular complexity index is 641. The first-order valence-electron chi connectivity index (χ1n) is 7.67. The number of hydrogen-bond donors (Lipinski definition) is 1. The molecule has 0 saturated carbocycles. The molecule has 0 fully saturated rings. The zero-order valence-electron chi connectivity index (χ0n) is 13.7. The molecule has 0 heterocycles. The van der Waals surface area contributed by atoms with Crippen LogP contribution >= 0.6 is 0 Å². The second kappa shape index (κ2) is 7.68. The maximum atomic E-state index is 11.5. The smallest absolute Gasteiger partial charge is 0.345 e. The standard InChI is InChI=1S/C19H22O4/c1-4-22-16-7-5-15(6-8-16)12-18(19(20)21)23-17-10-13(2)9-14(3)11-17/h5-11,18H,4,12H2,1-3H3,(H,20,21). The van der Waals surface area contributed by atoms with Gasteiger partial charge in [-0.2, -0.15) is 0 Å². The fraction of sp³-hybridized carbons (Fsp3) is 0.316. The number of carboxylic acid groups (broad SMARTS) is 1. The van der Waals surface area contributed by atoms with Gasteiger partial charge in [0.25, 0.3) is 0 Å². The summed E-state index contributed by atoms with van der Waals surface area (Å²) in [7, 11) is 0. The Morgan fingerprint density at radius 3 is 2.17 bits per heavy atom. The Morgan fingerprint density at radius 1 is 1.04 bits per heavy atom. The zero-order chi connectivity index (χ0) is 16.8. The lowest BCUT2D eigenvalue weighted by Gasteiger charge is -2.16. The lowest BCUT2D eigenvalue weighted by Crippen LogP contribution is -2.29. The Hall–Kier alpha value is -2.49. The van der Waals surface area contributed by atoms with Crippen LogP contribution in [0.1, 0.15) is 23.6 Å². The van der Waals surface area contributed by atoms with Crippen LogP contribution in [0.15, 0.2) is 42.5 Å². The predicted molar refractivity (Wildman–Crippen MR) is 89.3 cm³/mol. The molecule has 0 aliphatic rings. The van der Waals surface area contributed by atoms with E-state index in [9.17, 15) is 9.90 Å². The Kier molecular flexibility index (Phi) is 5.63. The van der Waals surface area contributed by atoms with Gasteiger partial charge in [-0.05, 0) is 61.7 Å². The number of ether oxygens (including phenoxy) is 2. The third kappa shape index (κ3) is 5.02. The van der Waals surface area contributed by atoms with Gasteiger partial charge in [-0.25, -0.2) is 4.79 Å². The van der Waals surface area contributed by atoms with Gasteiger partial charge < -0.3 is 14.6 Å². The van der Waals surface area contributed by atoms with Gasteiger partial charge in [0.15, 0.2) is 6.10 Å². The number of benzene rings is 2. The van der Waals surface area contributed by atoms with E-state index in [1.54, 1.807) is 0 Å². The topological polar surface area (TPSA) is 55.8 Å². The van der Waals surface area contributed by atoms with Gasteiger partial charge in [-0.3, -0.25) is 0 Å². The van der Waals surface area contributed by atoms with Crippen molar-refractivity contribution in [3.8, 4) is 11.5 Å². The summed E-state index contributed by atoms with van der Waals surface area (Å²) >= 11 is 0. The number of rotatable bonds is 7. The summed E-state index contributed by atoms with van der Waals surface area (Å²) in [6.07, 6.45) is -0.622. The summed E-state index contributed by atoms with van der Waals surface area (Å²) in [5, 5.41) is 9.42. The van der Waals surface area contributed by atoms with Crippen molar-refractivity contribution < 1.29 is 19.4 Å². The number of aryl methyl sites for hydroxylation is 2. The average Bonchev–Trinajstić information content (AvgIpc) is 2.47. The van der Waals surface area contributed by atoms with Crippen LogP contribution < -0.4 is 9.47 Å². The predicted octanol–water partition coefficient (Wildman–Crippen LogP) is 3.78. The molecule has 2 rings (SSSR count). The van der Waals surface area contributed by atoms with Crippen LogP contribution in [-0.4, -0.2) is 23.8 Å². The van der Waals surface area contributed by atoms with Gasteiger partial charge in [-0.1, -0.05) is 18.2 Å². The van der Waals surface area contributed by atoms with Gasteiger partial charge in [0.2, 0.25) is 0 Å². The number of aliphatic carboxylic acids is 1. The molecule has 0 aromatic heterocycles. The quantitative estimate of drug-likeness (QED) is 0.845. The highest BCUT2D eigenvalue weighted by Gasteiger charge is 2.20. The minimum atomic E-state index is -0.974. The molecule has 1 unspecified atom stereocenters. The first-order valence-corrected chi connectivity index (χ1v) is 7.67. The SMILES string of the molecule is CCOc1ccc(CC(Oc2cc(C)cc(C)c2)C(=O)O)cc1. The largest absolute Gasteiger partial charge is 0.494 e. The third-order valence-corrected chi connectivity index (χ3v) is 3.40. The molecule has 0 saturated heterocycles. The molecule has 1 N–H and O–H groups in total. The minimum Gasteiger partial charge on any atom is -0.494 e. The molecular formula is C19H22O4. The Labute approximate surface area is 136 Å². The van der Waals surface area contributed by atoms with Crippen LogP contribution in [0, 0.1) is 13.8 Å². The fourth-order valence-electron chi connectivity index (χ4n) is 2.45. The molecule has 4 nitrogen and oxygen atoms in total. The minimum absolute atomic E-state index is 0.300. The van der Waals surface area contributed by atoms with Crippen LogP contribution in [0.25, 0.3) is 0 Å². The van der Waals surface area contributed by atoms with E-state index in [-0.39, 0.29) is 0 Å². The first kappa shape index (κ1) is 16.9. The number of carboxylic acids is 1. The van der Waals surface area contributed by atoms with Gasteiger partial charge in [0.1, 0.15) is 11.5 Å². The molecular weight excluding hydrogens is 292 g/mol. The lowest BCUT2D eigenvalue weighted by molar-refractivity contribution is -0.145. The van der Waals surface area contributed by atoms with Crippen molar-refractivity contribution >= 4 is 5.97 Å². The van der Waals surface area contributed by atoms with Gasteiger partial charge in [0.05, 0.1) is 6.61 Å². The summed E-state index contributed by atoms with van der Waals surface area (Å²) in [6.45, 7) is 6.45. The summed E-state index contributed by atoms with van der Waals surface area (Å²) in [5.74, 6) is 0.386. The Morgan fingerprint density at radius 2 is 1.65 bits per heavy atom. The molecule has 0 radical (unpaired) electrons. The Balaban J connectivity index is 2.10. The molecule has 0 aliphatic carbocycles. The molecule has 122 valence electrons. The van der Waals surface area contributed by atoms with E-state index < -0.39 is 12.1 Å². The first-order chi connectivity index (χ1) is 11.0. The van der Waals surface area contributed by atoms with Crippen LogP contribution in [0.4, 0.5) is 0 Å². The molecule has 23 heavy (non-hydrogen) atoms. The lowest BCUT2D eigenvalue weighted by atomic mass is 10.1. The van der Waals surface area contributed by atoms with Crippen LogP contribution in [0.3, 0.4) is 0 Å². The molecule has 2 aromatic carbocycles. The monoisotopic (exact) mass is 314 g/mol. The van der Waals surface area contributed by atoms with Crippen molar-refractivity contribution in [3.05, 3.63) is 59.2 Å². The van der Waals surface area contributed by atoms with Gasteiger partial charge in [-0.15, -0.1) is 0 Å². The summed E-state index contributed by atoms with van der Waals surface area (Å²) < 4.78 is 11.1. The normalized spacial score (nSPS) is 11.8. The molecule has 0 aliphatic heterocycles. The van der Waals surface area contributed by atoms with Gasteiger partial charge in [0, 0.05) is 6.42 Å². The van der Waals surface area contributed by atoms with E-state index in [1.807, 2.05) is 63.2 Å². The molecule has 1 atom stereocenters. The van der Waals surface area contributed by atoms with Crippen molar-refractivity contribution in [1.29, 1.82) is 0 Å². The van der Waals surface area contributed by atoms with Crippen molar-refractivity contribution in [3.63, 3.8) is 0 Å². The zero-order valence-corrected chi connectivity index (χ0v) is 13.7. The second-order valence-corrected chi connectivity index (χ2v) is 5.55. The van der Waals surface area contributed by atoms with Crippen molar-refractivity contribution in [2.75, 3.05) is 6.61 Å². The van der Waals surface area contributed by atoms with E-state index in [0.717, 1.165) is 22.4 Å². The van der Waals surface area contributed by atoms with Crippen molar-refractivity contribution in [2.45, 2.75) is 33.3 Å². The second-order valence-electron chi connectivity index (χ2n) is 5.55. The van der Waals surface area contributed by atoms with E-state index >= 15 is 0 Å². The van der Waals surface area contributed by atoms with Gasteiger partial charge >= 0.3 is 5.97 Å². The highest BCUT2D eigenvalue weighted by molar-refractivity contribution is 5.73. The van der Waals surface area contributed by atoms with Crippen molar-refractivity contribution in [1.82, 2.24) is 0 Å². The molecule has 4 heteroatoms. The molecule has 0 spiro atoms. The highest BCUT2D eigenvalue weighted by atomic mass is 16.5. The van der Waals surface area contributed by atoms with E-state index in [1.165, 1.54) is 0 Å². The average molecular weight is 314 g/mol. The van der Waals surface area contributed by atoms with Crippen LogP contribution in [0.2, 0.25) is 0 Å². The summed E-state index contributed by atoms with van der Waals surface area (Å²) in [4.78, 5) is 11.5. The van der Waals surface area contributed by atoms with Crippen LogP contribution in [0.5, 0.6) is 11.5 Å². The molecule has 0 amide bonds. The molecule has 2 aromatic rings. The summed E-state index contributed by atoms with van der Waals surface area (Å²) in [6, 6.07) is 13.1. The number of hydrogen-bond acceptors (Lipinski definition) is 3. The maximum Gasteiger partial charge on any atom is 0.345 e.